The van der Waals surface area contributed by atoms with Crippen LogP contribution in [0.5, 0.6) is 0 Å². The fourth-order valence-electron chi connectivity index (χ4n) is 1.27. The summed E-state index contributed by atoms with van der Waals surface area (Å²) in [6.07, 6.45) is 0. The maximum atomic E-state index is 5.68. The van der Waals surface area contributed by atoms with Crippen LogP contribution in [-0.4, -0.2) is 4.98 Å². The first-order valence-electron chi connectivity index (χ1n) is 4.99. The van der Waals surface area contributed by atoms with E-state index in [9.17, 15) is 0 Å². The van der Waals surface area contributed by atoms with Gasteiger partial charge in [0, 0.05) is 5.39 Å². The second-order valence-electron chi connectivity index (χ2n) is 3.05. The molecule has 2 nitrogen and oxygen atoms in total. The number of anilines is 1. The van der Waals surface area contributed by atoms with Crippen LogP contribution in [0.1, 0.15) is 19.4 Å². The van der Waals surface area contributed by atoms with Crippen molar-refractivity contribution in [2.75, 3.05) is 5.73 Å². The second kappa shape index (κ2) is 5.12. The lowest BCUT2D eigenvalue weighted by molar-refractivity contribution is 1.37. The van der Waals surface area contributed by atoms with Gasteiger partial charge in [-0.3, -0.25) is 0 Å². The third kappa shape index (κ3) is 2.69. The Labute approximate surface area is 98.6 Å². The molecule has 80 valence electrons. The van der Waals surface area contributed by atoms with E-state index < -0.39 is 0 Å². The van der Waals surface area contributed by atoms with E-state index in [0.717, 1.165) is 15.4 Å². The lowest BCUT2D eigenvalue weighted by atomic mass is 10.1. The van der Waals surface area contributed by atoms with Gasteiger partial charge in [0.15, 0.2) is 0 Å². The number of halogens is 1. The van der Waals surface area contributed by atoms with Gasteiger partial charge < -0.3 is 5.73 Å². The quantitative estimate of drug-likeness (QED) is 0.785. The molecule has 2 N–H and O–H groups in total. The molecule has 0 amide bonds. The Morgan fingerprint density at radius 3 is 2.53 bits per heavy atom. The fourth-order valence-corrected chi connectivity index (χ4v) is 1.60. The normalized spacial score (nSPS) is 9.60. The Morgan fingerprint density at radius 1 is 1.20 bits per heavy atom. The highest BCUT2D eigenvalue weighted by Crippen LogP contribution is 2.23. The zero-order valence-electron chi connectivity index (χ0n) is 9.21. The molecule has 1 aromatic carbocycles. The van der Waals surface area contributed by atoms with Crippen molar-refractivity contribution in [3.05, 3.63) is 34.3 Å². The van der Waals surface area contributed by atoms with Gasteiger partial charge in [-0.2, -0.15) is 0 Å². The maximum Gasteiger partial charge on any atom is 0.138 e. The number of aryl methyl sites for hydroxylation is 1. The summed E-state index contributed by atoms with van der Waals surface area (Å²) >= 11 is 3.35. The molecule has 0 aliphatic heterocycles. The Bertz CT molecular complexity index is 466. The van der Waals surface area contributed by atoms with Crippen molar-refractivity contribution in [1.82, 2.24) is 4.98 Å². The van der Waals surface area contributed by atoms with Crippen LogP contribution < -0.4 is 5.73 Å². The number of fused-ring (bicyclic) bond motifs is 1. The number of nitrogens with zero attached hydrogens (tertiary/aromatic N) is 1. The Balaban J connectivity index is 0.000000531. The first-order valence-corrected chi connectivity index (χ1v) is 5.78. The lowest BCUT2D eigenvalue weighted by Gasteiger charge is -2.02. The van der Waals surface area contributed by atoms with Crippen LogP contribution in [0.25, 0.3) is 10.9 Å². The molecule has 0 bridgehead atoms. The molecule has 1 heterocycles. The minimum Gasteiger partial charge on any atom is -0.383 e. The number of benzene rings is 1. The number of hydrogen-bond donors (Lipinski definition) is 1. The van der Waals surface area contributed by atoms with Crippen molar-refractivity contribution in [3.63, 3.8) is 0 Å². The maximum absolute atomic E-state index is 5.68. The van der Waals surface area contributed by atoms with Crippen molar-refractivity contribution < 1.29 is 0 Å². The van der Waals surface area contributed by atoms with Crippen molar-refractivity contribution in [3.8, 4) is 0 Å². The minimum atomic E-state index is 0.540. The number of nitrogens with two attached hydrogens (primary N) is 1. The molecule has 0 spiro atoms. The van der Waals surface area contributed by atoms with E-state index in [-0.39, 0.29) is 0 Å². The molecule has 0 aliphatic carbocycles. The third-order valence-corrected chi connectivity index (χ3v) is 2.59. The molecular formula is C12H15BrN2. The Morgan fingerprint density at radius 2 is 1.87 bits per heavy atom. The summed E-state index contributed by atoms with van der Waals surface area (Å²) in [5, 5.41) is 1.10. The number of rotatable bonds is 0. The van der Waals surface area contributed by atoms with Gasteiger partial charge in [-0.15, -0.1) is 0 Å². The van der Waals surface area contributed by atoms with Gasteiger partial charge >= 0.3 is 0 Å². The SMILES string of the molecule is CC.Cc1ccc2cc(Br)c(N)nc2c1. The summed E-state index contributed by atoms with van der Waals surface area (Å²) < 4.78 is 0.851. The van der Waals surface area contributed by atoms with Crippen molar-refractivity contribution >= 4 is 32.7 Å². The standard InChI is InChI=1S/C10H9BrN2.C2H6/c1-6-2-3-7-5-8(11)10(12)13-9(7)4-6;1-2/h2-5H,1H3,(H2,12,13);1-2H3. The van der Waals surface area contributed by atoms with Gasteiger partial charge in [0.2, 0.25) is 0 Å². The van der Waals surface area contributed by atoms with E-state index in [4.69, 9.17) is 5.73 Å². The molecule has 0 atom stereocenters. The van der Waals surface area contributed by atoms with E-state index >= 15 is 0 Å². The van der Waals surface area contributed by atoms with Gasteiger partial charge in [0.1, 0.15) is 5.82 Å². The lowest BCUT2D eigenvalue weighted by Crippen LogP contribution is -1.92. The highest BCUT2D eigenvalue weighted by molar-refractivity contribution is 9.10. The number of pyridine rings is 1. The van der Waals surface area contributed by atoms with Crippen LogP contribution in [0.15, 0.2) is 28.7 Å². The first kappa shape index (κ1) is 12.0. The van der Waals surface area contributed by atoms with E-state index in [2.05, 4.69) is 27.0 Å². The average Bonchev–Trinajstić information content (AvgIpc) is 2.23. The second-order valence-corrected chi connectivity index (χ2v) is 3.91. The largest absolute Gasteiger partial charge is 0.383 e. The summed E-state index contributed by atoms with van der Waals surface area (Å²) in [4.78, 5) is 4.27. The Hall–Kier alpha value is -1.09. The predicted molar refractivity (Wildman–Crippen MR) is 69.9 cm³/mol. The summed E-state index contributed by atoms with van der Waals surface area (Å²) in [6, 6.07) is 8.11. The van der Waals surface area contributed by atoms with Gasteiger partial charge in [0.05, 0.1) is 9.99 Å². The van der Waals surface area contributed by atoms with Crippen molar-refractivity contribution in [1.29, 1.82) is 0 Å². The van der Waals surface area contributed by atoms with Crippen LogP contribution in [0.4, 0.5) is 5.82 Å². The molecule has 2 aromatic rings. The molecule has 15 heavy (non-hydrogen) atoms. The predicted octanol–water partition coefficient (Wildman–Crippen LogP) is 3.91. The summed E-state index contributed by atoms with van der Waals surface area (Å²) in [7, 11) is 0. The summed E-state index contributed by atoms with van der Waals surface area (Å²) in [6.45, 7) is 6.04. The zero-order chi connectivity index (χ0) is 11.4. The topological polar surface area (TPSA) is 38.9 Å². The van der Waals surface area contributed by atoms with Gasteiger partial charge in [0.25, 0.3) is 0 Å². The van der Waals surface area contributed by atoms with E-state index in [1.807, 2.05) is 39.0 Å². The molecule has 0 saturated heterocycles. The number of aromatic nitrogens is 1. The zero-order valence-corrected chi connectivity index (χ0v) is 10.8. The van der Waals surface area contributed by atoms with Gasteiger partial charge in [-0.1, -0.05) is 26.0 Å². The third-order valence-electron chi connectivity index (χ3n) is 1.95. The molecular weight excluding hydrogens is 252 g/mol. The van der Waals surface area contributed by atoms with E-state index in [1.54, 1.807) is 0 Å². The summed E-state index contributed by atoms with van der Waals surface area (Å²) in [5.74, 6) is 0.540. The fraction of sp³-hybridized carbons (Fsp3) is 0.250. The van der Waals surface area contributed by atoms with Crippen molar-refractivity contribution in [2.24, 2.45) is 0 Å². The van der Waals surface area contributed by atoms with Crippen molar-refractivity contribution in [2.45, 2.75) is 20.8 Å². The molecule has 2 rings (SSSR count). The smallest absolute Gasteiger partial charge is 0.138 e. The van der Waals surface area contributed by atoms with Crippen LogP contribution in [0.3, 0.4) is 0 Å². The number of nitrogen functional groups attached to an aromatic ring is 1. The first-order chi connectivity index (χ1) is 7.16. The number of hydrogen-bond acceptors (Lipinski definition) is 2. The molecule has 1 aromatic heterocycles. The van der Waals surface area contributed by atoms with Crippen LogP contribution in [0.2, 0.25) is 0 Å². The van der Waals surface area contributed by atoms with E-state index in [0.29, 0.717) is 5.82 Å². The highest BCUT2D eigenvalue weighted by atomic mass is 79.9. The molecule has 3 heteroatoms. The van der Waals surface area contributed by atoms with Crippen LogP contribution >= 0.6 is 15.9 Å². The molecule has 0 fully saturated rings. The molecule has 0 aliphatic rings. The average molecular weight is 267 g/mol. The van der Waals surface area contributed by atoms with E-state index in [1.165, 1.54) is 5.56 Å². The Kier molecular flexibility index (Phi) is 4.09. The van der Waals surface area contributed by atoms with Gasteiger partial charge in [-0.05, 0) is 40.5 Å². The van der Waals surface area contributed by atoms with Gasteiger partial charge in [-0.25, -0.2) is 4.98 Å². The highest BCUT2D eigenvalue weighted by Gasteiger charge is 2.00. The molecule has 0 unspecified atom stereocenters. The summed E-state index contributed by atoms with van der Waals surface area (Å²) in [5.41, 5.74) is 7.82. The molecule has 0 radical (unpaired) electrons. The molecule has 0 saturated carbocycles. The monoisotopic (exact) mass is 266 g/mol. The van der Waals surface area contributed by atoms with Crippen LogP contribution in [0, 0.1) is 6.92 Å². The minimum absolute atomic E-state index is 0.540. The van der Waals surface area contributed by atoms with Crippen LogP contribution in [-0.2, 0) is 0 Å².